The first kappa shape index (κ1) is 23.2. The van der Waals surface area contributed by atoms with Gasteiger partial charge in [0.2, 0.25) is 0 Å². The number of aromatic nitrogens is 3. The number of nitrogens with one attached hydrogen (secondary N) is 1. The molecule has 2 aromatic carbocycles. The lowest BCUT2D eigenvalue weighted by molar-refractivity contribution is 0.0620. The van der Waals surface area contributed by atoms with Crippen LogP contribution < -0.4 is 10.1 Å². The summed E-state index contributed by atoms with van der Waals surface area (Å²) in [5, 5.41) is 17.9. The number of benzene rings is 2. The molecule has 0 unspecified atom stereocenters. The van der Waals surface area contributed by atoms with Crippen LogP contribution in [-0.2, 0) is 0 Å². The second-order valence-electron chi connectivity index (χ2n) is 9.83. The number of ether oxygens (including phenoxy) is 1. The highest BCUT2D eigenvalue weighted by Crippen LogP contribution is 2.34. The molecule has 1 aliphatic heterocycles. The van der Waals surface area contributed by atoms with Crippen molar-refractivity contribution in [3.63, 3.8) is 0 Å². The average Bonchev–Trinajstić information content (AvgIpc) is 3.21. The number of nitriles is 1. The van der Waals surface area contributed by atoms with Gasteiger partial charge >= 0.3 is 0 Å². The normalized spacial score (nSPS) is 14.2. The van der Waals surface area contributed by atoms with E-state index in [1.54, 1.807) is 12.1 Å². The fraction of sp³-hybridized carbons (Fsp3) is 0.250. The lowest BCUT2D eigenvalue weighted by Gasteiger charge is -2.31. The molecule has 0 atom stereocenters. The second kappa shape index (κ2) is 8.31. The first-order chi connectivity index (χ1) is 17.1. The highest BCUT2D eigenvalue weighted by molar-refractivity contribution is 6.08. The summed E-state index contributed by atoms with van der Waals surface area (Å²) >= 11 is 0. The molecule has 0 saturated carbocycles. The molecule has 2 aromatic heterocycles. The Morgan fingerprint density at radius 1 is 1.14 bits per heavy atom. The minimum Gasteiger partial charge on any atom is -0.487 e. The molecule has 5 rings (SSSR count). The molecular weight excluding hydrogens is 454 g/mol. The maximum absolute atomic E-state index is 13.2. The first-order valence-corrected chi connectivity index (χ1v) is 11.6. The molecule has 1 N–H and O–H groups in total. The molecule has 4 aromatic rings. The lowest BCUT2D eigenvalue weighted by Crippen LogP contribution is -2.36. The van der Waals surface area contributed by atoms with Crippen LogP contribution in [0.4, 0.5) is 5.82 Å². The average molecular weight is 480 g/mol. The quantitative estimate of drug-likeness (QED) is 0.432. The van der Waals surface area contributed by atoms with Gasteiger partial charge in [0.1, 0.15) is 23.0 Å². The smallest absolute Gasteiger partial charge is 0.256 e. The molecule has 8 nitrogen and oxygen atoms in total. The molecule has 0 spiro atoms. The van der Waals surface area contributed by atoms with Crippen LogP contribution in [0.5, 0.6) is 5.75 Å². The molecule has 0 bridgehead atoms. The molecular formula is C28H25N5O3. The minimum absolute atomic E-state index is 0.0832. The van der Waals surface area contributed by atoms with Gasteiger partial charge in [0.25, 0.3) is 5.91 Å². The molecule has 0 radical (unpaired) electrons. The minimum atomic E-state index is -0.593. The van der Waals surface area contributed by atoms with Crippen molar-refractivity contribution in [2.75, 3.05) is 5.32 Å². The van der Waals surface area contributed by atoms with E-state index >= 15 is 0 Å². The summed E-state index contributed by atoms with van der Waals surface area (Å²) in [6.45, 7) is 9.74. The van der Waals surface area contributed by atoms with E-state index in [-0.39, 0.29) is 29.1 Å². The van der Waals surface area contributed by atoms with E-state index in [0.717, 1.165) is 27.6 Å². The Balaban J connectivity index is 1.53. The third-order valence-electron chi connectivity index (χ3n) is 6.29. The Hall–Kier alpha value is -4.51. The number of aryl methyl sites for hydroxylation is 3. The van der Waals surface area contributed by atoms with Crippen LogP contribution in [0.2, 0.25) is 0 Å². The molecule has 1 amide bonds. The summed E-state index contributed by atoms with van der Waals surface area (Å²) in [5.74, 6) is 0.593. The van der Waals surface area contributed by atoms with Gasteiger partial charge < -0.3 is 10.1 Å². The molecule has 0 aliphatic carbocycles. The molecule has 36 heavy (non-hydrogen) atoms. The van der Waals surface area contributed by atoms with Gasteiger partial charge in [0, 0.05) is 10.9 Å². The van der Waals surface area contributed by atoms with Crippen LogP contribution in [-0.4, -0.2) is 32.1 Å². The van der Waals surface area contributed by atoms with Gasteiger partial charge in [-0.15, -0.1) is 0 Å². The van der Waals surface area contributed by atoms with Crippen molar-refractivity contribution in [1.82, 2.24) is 14.8 Å². The number of hydrogen-bond acceptors (Lipinski definition) is 6. The number of amides is 1. The van der Waals surface area contributed by atoms with Gasteiger partial charge in [-0.1, -0.05) is 11.6 Å². The summed E-state index contributed by atoms with van der Waals surface area (Å²) in [7, 11) is 0. The Bertz CT molecular complexity index is 1620. The van der Waals surface area contributed by atoms with E-state index in [2.05, 4.69) is 28.6 Å². The van der Waals surface area contributed by atoms with E-state index in [1.165, 1.54) is 16.9 Å². The van der Waals surface area contributed by atoms with Crippen molar-refractivity contribution in [3.05, 3.63) is 76.0 Å². The molecule has 8 heteroatoms. The SMILES string of the molecule is Cc1cc(C)c2nc(-n3ncc(C#N)c3NC(=O)c3ccc4c(c3)C(=O)CC(C)(C)O4)cc(C)c2c1. The van der Waals surface area contributed by atoms with Crippen LogP contribution in [0.1, 0.15) is 63.2 Å². The number of pyridine rings is 1. The molecule has 0 fully saturated rings. The Kier molecular flexibility index (Phi) is 5.36. The zero-order valence-corrected chi connectivity index (χ0v) is 20.8. The number of nitrogens with zero attached hydrogens (tertiary/aromatic N) is 4. The predicted molar refractivity (Wildman–Crippen MR) is 136 cm³/mol. The van der Waals surface area contributed by atoms with Gasteiger partial charge in [0.05, 0.1) is 23.7 Å². The predicted octanol–water partition coefficient (Wildman–Crippen LogP) is 5.21. The van der Waals surface area contributed by atoms with Crippen LogP contribution >= 0.6 is 0 Å². The number of carbonyl (C=O) groups is 2. The maximum Gasteiger partial charge on any atom is 0.256 e. The van der Waals surface area contributed by atoms with E-state index in [1.807, 2.05) is 40.7 Å². The van der Waals surface area contributed by atoms with E-state index in [4.69, 9.17) is 9.72 Å². The third kappa shape index (κ3) is 3.99. The summed E-state index contributed by atoms with van der Waals surface area (Å²) in [4.78, 5) is 30.7. The molecule has 180 valence electrons. The zero-order valence-electron chi connectivity index (χ0n) is 20.8. The standard InChI is InChI=1S/C28H25N5O3/c1-15-8-17(3)25-20(9-15)16(2)10-24(31-25)33-26(19(13-29)14-30-33)32-27(35)18-6-7-23-21(11-18)22(34)12-28(4,5)36-23/h6-11,14H,12H2,1-5H3,(H,32,35). The second-order valence-corrected chi connectivity index (χ2v) is 9.83. The molecule has 1 aliphatic rings. The van der Waals surface area contributed by atoms with Gasteiger partial charge in [-0.25, -0.2) is 4.98 Å². The van der Waals surface area contributed by atoms with E-state index in [9.17, 15) is 14.9 Å². The summed E-state index contributed by atoms with van der Waals surface area (Å²) < 4.78 is 7.34. The summed E-state index contributed by atoms with van der Waals surface area (Å²) in [5.41, 5.74) is 4.25. The van der Waals surface area contributed by atoms with Crippen molar-refractivity contribution in [1.29, 1.82) is 5.26 Å². The van der Waals surface area contributed by atoms with E-state index < -0.39 is 11.5 Å². The largest absolute Gasteiger partial charge is 0.487 e. The van der Waals surface area contributed by atoms with Crippen molar-refractivity contribution in [2.45, 2.75) is 46.6 Å². The van der Waals surface area contributed by atoms with Crippen LogP contribution in [0.3, 0.4) is 0 Å². The monoisotopic (exact) mass is 479 g/mol. The Morgan fingerprint density at radius 3 is 2.67 bits per heavy atom. The van der Waals surface area contributed by atoms with Crippen LogP contribution in [0, 0.1) is 32.1 Å². The summed E-state index contributed by atoms with van der Waals surface area (Å²) in [6, 6.07) is 12.9. The number of Topliss-reactive ketones (excluding diaryl/α,β-unsaturated/α-hetero) is 1. The highest BCUT2D eigenvalue weighted by Gasteiger charge is 2.33. The highest BCUT2D eigenvalue weighted by atomic mass is 16.5. The lowest BCUT2D eigenvalue weighted by atomic mass is 9.92. The number of anilines is 1. The number of carbonyl (C=O) groups excluding carboxylic acids is 2. The van der Waals surface area contributed by atoms with Gasteiger partial charge in [0.15, 0.2) is 17.4 Å². The molecule has 3 heterocycles. The Morgan fingerprint density at radius 2 is 1.92 bits per heavy atom. The van der Waals surface area contributed by atoms with Crippen molar-refractivity contribution < 1.29 is 14.3 Å². The first-order valence-electron chi connectivity index (χ1n) is 11.6. The Labute approximate surface area is 208 Å². The molecule has 0 saturated heterocycles. The van der Waals surface area contributed by atoms with Gasteiger partial charge in [-0.2, -0.15) is 15.0 Å². The van der Waals surface area contributed by atoms with Gasteiger partial charge in [-0.05, 0) is 76.1 Å². The maximum atomic E-state index is 13.2. The fourth-order valence-electron chi connectivity index (χ4n) is 4.63. The van der Waals surface area contributed by atoms with Crippen molar-refractivity contribution in [3.8, 4) is 17.6 Å². The third-order valence-corrected chi connectivity index (χ3v) is 6.29. The van der Waals surface area contributed by atoms with Crippen LogP contribution in [0.15, 0.2) is 42.6 Å². The fourth-order valence-corrected chi connectivity index (χ4v) is 4.63. The summed E-state index contributed by atoms with van der Waals surface area (Å²) in [6.07, 6.45) is 1.62. The number of ketones is 1. The van der Waals surface area contributed by atoms with Crippen molar-refractivity contribution in [2.24, 2.45) is 0 Å². The number of fused-ring (bicyclic) bond motifs is 2. The van der Waals surface area contributed by atoms with Crippen LogP contribution in [0.25, 0.3) is 16.7 Å². The van der Waals surface area contributed by atoms with Gasteiger partial charge in [-0.3, -0.25) is 9.59 Å². The number of hydrogen-bond donors (Lipinski definition) is 1. The van der Waals surface area contributed by atoms with Crippen molar-refractivity contribution >= 4 is 28.4 Å². The zero-order chi connectivity index (χ0) is 25.8. The topological polar surface area (TPSA) is 110 Å². The number of rotatable bonds is 3. The van der Waals surface area contributed by atoms with E-state index in [0.29, 0.717) is 17.1 Å².